The first kappa shape index (κ1) is 25.1. The van der Waals surface area contributed by atoms with Crippen LogP contribution in [-0.4, -0.2) is 50.7 Å². The molecule has 2 fully saturated rings. The predicted molar refractivity (Wildman–Crippen MR) is 124 cm³/mol. The summed E-state index contributed by atoms with van der Waals surface area (Å²) in [5, 5.41) is 8.50. The largest absolute Gasteiger partial charge is 0.421 e. The van der Waals surface area contributed by atoms with Gasteiger partial charge in [0, 0.05) is 24.1 Å². The molecule has 2 atom stereocenters. The van der Waals surface area contributed by atoms with Crippen molar-refractivity contribution in [3.8, 4) is 0 Å². The van der Waals surface area contributed by atoms with Gasteiger partial charge in [0.2, 0.25) is 23.5 Å². The number of nitrogens with zero attached hydrogens (tertiary/aromatic N) is 4. The Morgan fingerprint density at radius 3 is 1.79 bits per heavy atom. The Balaban J connectivity index is 1.78. The number of carbonyl (C=O) groups is 3. The van der Waals surface area contributed by atoms with Crippen LogP contribution >= 0.6 is 0 Å². The Morgan fingerprint density at radius 2 is 1.33 bits per heavy atom. The van der Waals surface area contributed by atoms with Gasteiger partial charge in [0.1, 0.15) is 12.1 Å². The van der Waals surface area contributed by atoms with Crippen molar-refractivity contribution in [3.63, 3.8) is 0 Å². The van der Waals surface area contributed by atoms with Gasteiger partial charge in [0.25, 0.3) is 5.91 Å². The fourth-order valence-corrected chi connectivity index (χ4v) is 4.31. The van der Waals surface area contributed by atoms with E-state index in [0.29, 0.717) is 43.3 Å². The van der Waals surface area contributed by atoms with Crippen LogP contribution in [0.3, 0.4) is 0 Å². The highest BCUT2D eigenvalue weighted by molar-refractivity contribution is 6.38. The van der Waals surface area contributed by atoms with E-state index in [9.17, 15) is 14.4 Å². The lowest BCUT2D eigenvalue weighted by Gasteiger charge is -2.30. The Labute approximate surface area is 196 Å². The molecule has 3 rings (SSSR count). The van der Waals surface area contributed by atoms with E-state index in [2.05, 4.69) is 16.8 Å². The van der Waals surface area contributed by atoms with E-state index in [1.807, 2.05) is 27.7 Å². The lowest BCUT2D eigenvalue weighted by atomic mass is 9.82. The molecular weight excluding hydrogens is 420 g/mol. The smallest absolute Gasteiger partial charge is 0.291 e. The van der Waals surface area contributed by atoms with Crippen LogP contribution in [0.4, 0.5) is 0 Å². The first-order valence-electron chi connectivity index (χ1n) is 12.1. The molecule has 0 aliphatic carbocycles. The minimum absolute atomic E-state index is 0.0748. The molecule has 0 aromatic carbocycles. The first-order chi connectivity index (χ1) is 15.4. The second kappa shape index (κ2) is 9.39. The minimum atomic E-state index is -0.705. The van der Waals surface area contributed by atoms with Crippen LogP contribution in [0.5, 0.6) is 0 Å². The van der Waals surface area contributed by atoms with Crippen molar-refractivity contribution >= 4 is 17.6 Å². The van der Waals surface area contributed by atoms with Gasteiger partial charge >= 0.3 is 0 Å². The van der Waals surface area contributed by atoms with E-state index in [4.69, 9.17) is 4.42 Å². The molecule has 33 heavy (non-hydrogen) atoms. The molecule has 2 aliphatic heterocycles. The Hall–Kier alpha value is -2.51. The molecule has 2 aliphatic rings. The van der Waals surface area contributed by atoms with Gasteiger partial charge < -0.3 is 14.2 Å². The molecule has 1 aromatic rings. The number of ketones is 1. The highest BCUT2D eigenvalue weighted by atomic mass is 16.4. The van der Waals surface area contributed by atoms with Crippen LogP contribution in [0.2, 0.25) is 0 Å². The van der Waals surface area contributed by atoms with Gasteiger partial charge in [-0.05, 0) is 43.9 Å². The van der Waals surface area contributed by atoms with Crippen LogP contribution in [0, 0.1) is 10.8 Å². The van der Waals surface area contributed by atoms with E-state index in [0.717, 1.165) is 25.7 Å². The summed E-state index contributed by atoms with van der Waals surface area (Å²) < 4.78 is 6.04. The van der Waals surface area contributed by atoms with Crippen molar-refractivity contribution in [1.29, 1.82) is 0 Å². The van der Waals surface area contributed by atoms with Crippen LogP contribution in [0.15, 0.2) is 16.6 Å². The second-order valence-electron chi connectivity index (χ2n) is 10.6. The van der Waals surface area contributed by atoms with Gasteiger partial charge in [-0.2, -0.15) is 0 Å². The normalized spacial score (nSPS) is 21.5. The second-order valence-corrected chi connectivity index (χ2v) is 10.6. The number of Topliss-reactive ketones (excluding diaryl/α,β-unsaturated/α-hetero) is 1. The number of amides is 2. The predicted octanol–water partition coefficient (Wildman–Crippen LogP) is 4.39. The summed E-state index contributed by atoms with van der Waals surface area (Å²) in [4.78, 5) is 42.2. The van der Waals surface area contributed by atoms with Crippen molar-refractivity contribution in [2.24, 2.45) is 10.8 Å². The summed E-state index contributed by atoms with van der Waals surface area (Å²) in [6.07, 6.45) is 4.44. The summed E-state index contributed by atoms with van der Waals surface area (Å²) in [7, 11) is 0. The monoisotopic (exact) mass is 458 g/mol. The lowest BCUT2D eigenvalue weighted by molar-refractivity contribution is -0.150. The Morgan fingerprint density at radius 1 is 0.879 bits per heavy atom. The summed E-state index contributed by atoms with van der Waals surface area (Å²) in [6.45, 7) is 16.8. The average Bonchev–Trinajstić information content (AvgIpc) is 3.55. The molecule has 0 saturated carbocycles. The first-order valence-corrected chi connectivity index (χ1v) is 12.1. The Kier molecular flexibility index (Phi) is 7.15. The third-order valence-electron chi connectivity index (χ3n) is 7.71. The van der Waals surface area contributed by atoms with Gasteiger partial charge in [0.05, 0.1) is 0 Å². The number of aromatic nitrogens is 2. The maximum absolute atomic E-state index is 13.2. The minimum Gasteiger partial charge on any atom is -0.421 e. The fraction of sp³-hybridized carbons (Fsp3) is 0.720. The van der Waals surface area contributed by atoms with E-state index in [-0.39, 0.29) is 23.1 Å². The molecular formula is C25H38N4O4. The molecule has 0 unspecified atom stereocenters. The maximum atomic E-state index is 13.2. The van der Waals surface area contributed by atoms with Gasteiger partial charge in [-0.15, -0.1) is 10.2 Å². The van der Waals surface area contributed by atoms with Crippen molar-refractivity contribution < 1.29 is 18.8 Å². The number of hydrogen-bond donors (Lipinski definition) is 0. The summed E-state index contributed by atoms with van der Waals surface area (Å²) in [6, 6.07) is -0.704. The topological polar surface area (TPSA) is 96.6 Å². The highest BCUT2D eigenvalue weighted by Crippen LogP contribution is 2.39. The quantitative estimate of drug-likeness (QED) is 0.423. The lowest BCUT2D eigenvalue weighted by Crippen LogP contribution is -2.42. The molecule has 0 N–H and O–H groups in total. The highest BCUT2D eigenvalue weighted by Gasteiger charge is 2.42. The van der Waals surface area contributed by atoms with Crippen LogP contribution in [-0.2, 0) is 14.4 Å². The molecule has 0 radical (unpaired) electrons. The average molecular weight is 459 g/mol. The number of rotatable bonds is 8. The number of likely N-dealkylation sites (tertiary alicyclic amines) is 2. The van der Waals surface area contributed by atoms with E-state index < -0.39 is 17.4 Å². The zero-order chi connectivity index (χ0) is 24.6. The van der Waals surface area contributed by atoms with Crippen LogP contribution in [0.25, 0.3) is 0 Å². The van der Waals surface area contributed by atoms with E-state index >= 15 is 0 Å². The van der Waals surface area contributed by atoms with Crippen LogP contribution < -0.4 is 0 Å². The fourth-order valence-electron chi connectivity index (χ4n) is 4.31. The Bertz CT molecular complexity index is 860. The molecule has 2 saturated heterocycles. The molecule has 182 valence electrons. The molecule has 8 nitrogen and oxygen atoms in total. The van der Waals surface area contributed by atoms with E-state index in [1.165, 1.54) is 0 Å². The summed E-state index contributed by atoms with van der Waals surface area (Å²) in [5.74, 6) is -0.224. The molecule has 1 aromatic heterocycles. The standard InChI is InChI=1S/C25H38N4O4/c1-8-24(4,5)16(3)22(31)28-14-10-12-17(28)20-26-27-21(33-20)18-13-11-15-29(18)23(32)19(30)25(6,7)9-2/h17-18H,3,8-15H2,1-2,4-7H3/t17-,18-/m1/s1. The molecule has 0 bridgehead atoms. The number of hydrogen-bond acceptors (Lipinski definition) is 6. The van der Waals surface area contributed by atoms with Crippen molar-refractivity contribution in [3.05, 3.63) is 23.9 Å². The third kappa shape index (κ3) is 4.75. The third-order valence-corrected chi connectivity index (χ3v) is 7.71. The van der Waals surface area contributed by atoms with Gasteiger partial charge in [-0.1, -0.05) is 48.1 Å². The van der Waals surface area contributed by atoms with Gasteiger partial charge in [-0.25, -0.2) is 0 Å². The van der Waals surface area contributed by atoms with Crippen LogP contribution in [0.1, 0.15) is 104 Å². The molecule has 0 spiro atoms. The summed E-state index contributed by atoms with van der Waals surface area (Å²) in [5.41, 5.74) is -0.404. The van der Waals surface area contributed by atoms with Crippen molar-refractivity contribution in [2.45, 2.75) is 92.2 Å². The number of carbonyl (C=O) groups excluding carboxylic acids is 3. The zero-order valence-corrected chi connectivity index (χ0v) is 20.9. The molecule has 3 heterocycles. The van der Waals surface area contributed by atoms with E-state index in [1.54, 1.807) is 23.6 Å². The summed E-state index contributed by atoms with van der Waals surface area (Å²) >= 11 is 0. The maximum Gasteiger partial charge on any atom is 0.291 e. The molecule has 8 heteroatoms. The zero-order valence-electron chi connectivity index (χ0n) is 20.9. The SMILES string of the molecule is C=C(C(=O)N1CCC[C@@H]1c1nnc([C@H]2CCCN2C(=O)C(=O)C(C)(C)CC)o1)C(C)(C)CC. The van der Waals surface area contributed by atoms with Gasteiger partial charge in [-0.3, -0.25) is 14.4 Å². The van der Waals surface area contributed by atoms with Crippen molar-refractivity contribution in [2.75, 3.05) is 13.1 Å². The molecule has 2 amide bonds. The van der Waals surface area contributed by atoms with Gasteiger partial charge in [0.15, 0.2) is 0 Å². The van der Waals surface area contributed by atoms with Crippen molar-refractivity contribution in [1.82, 2.24) is 20.0 Å².